The summed E-state index contributed by atoms with van der Waals surface area (Å²) in [5.41, 5.74) is 0.0367. The highest BCUT2D eigenvalue weighted by Gasteiger charge is 2.19. The number of aromatic nitrogens is 1. The molecule has 0 radical (unpaired) electrons. The van der Waals surface area contributed by atoms with Crippen molar-refractivity contribution >= 4 is 31.9 Å². The van der Waals surface area contributed by atoms with Crippen LogP contribution >= 0.6 is 31.9 Å². The normalized spacial score (nSPS) is 15.4. The van der Waals surface area contributed by atoms with Gasteiger partial charge in [0.05, 0.1) is 4.47 Å². The minimum absolute atomic E-state index is 0.0367. The standard InChI is InChI=1S/C11H14Br2N2O/c12-8-6-10(13)11(16)15(7-8)5-1-4-14-9-2-3-9/h6-7,9,14H,1-5H2. The summed E-state index contributed by atoms with van der Waals surface area (Å²) in [6.07, 6.45) is 5.44. The molecule has 0 unspecified atom stereocenters. The van der Waals surface area contributed by atoms with E-state index in [2.05, 4.69) is 37.2 Å². The molecule has 1 aromatic heterocycles. The number of hydrogen-bond acceptors (Lipinski definition) is 2. The molecule has 0 aliphatic heterocycles. The van der Waals surface area contributed by atoms with Crippen molar-refractivity contribution in [3.63, 3.8) is 0 Å². The van der Waals surface area contributed by atoms with Crippen LogP contribution in [0.1, 0.15) is 19.3 Å². The summed E-state index contributed by atoms with van der Waals surface area (Å²) in [5.74, 6) is 0. The van der Waals surface area contributed by atoms with E-state index in [9.17, 15) is 4.79 Å². The van der Waals surface area contributed by atoms with Crippen molar-refractivity contribution in [2.24, 2.45) is 0 Å². The summed E-state index contributed by atoms with van der Waals surface area (Å²) in [4.78, 5) is 11.7. The Morgan fingerprint density at radius 3 is 2.88 bits per heavy atom. The first-order chi connectivity index (χ1) is 7.66. The number of nitrogens with one attached hydrogen (secondary N) is 1. The maximum absolute atomic E-state index is 11.7. The van der Waals surface area contributed by atoms with Crippen molar-refractivity contribution < 1.29 is 0 Å². The number of hydrogen-bond donors (Lipinski definition) is 1. The molecule has 0 aromatic carbocycles. The molecule has 1 fully saturated rings. The first kappa shape index (κ1) is 12.3. The second-order valence-corrected chi connectivity index (χ2v) is 5.86. The van der Waals surface area contributed by atoms with Gasteiger partial charge < -0.3 is 9.88 Å². The van der Waals surface area contributed by atoms with Crippen molar-refractivity contribution in [2.45, 2.75) is 31.8 Å². The summed E-state index contributed by atoms with van der Waals surface area (Å²) >= 11 is 6.64. The largest absolute Gasteiger partial charge is 0.314 e. The highest BCUT2D eigenvalue weighted by Crippen LogP contribution is 2.18. The molecule has 1 aliphatic rings. The van der Waals surface area contributed by atoms with Gasteiger partial charge in [-0.3, -0.25) is 4.79 Å². The fourth-order valence-electron chi connectivity index (χ4n) is 1.57. The number of pyridine rings is 1. The van der Waals surface area contributed by atoms with Crippen LogP contribution < -0.4 is 10.9 Å². The van der Waals surface area contributed by atoms with Crippen molar-refractivity contribution in [3.8, 4) is 0 Å². The monoisotopic (exact) mass is 348 g/mol. The van der Waals surface area contributed by atoms with Gasteiger partial charge in [0, 0.05) is 23.3 Å². The number of nitrogens with zero attached hydrogens (tertiary/aromatic N) is 1. The zero-order valence-corrected chi connectivity index (χ0v) is 12.1. The first-order valence-corrected chi connectivity index (χ1v) is 7.04. The van der Waals surface area contributed by atoms with Crippen molar-refractivity contribution in [3.05, 3.63) is 31.6 Å². The molecule has 0 saturated heterocycles. The topological polar surface area (TPSA) is 34.0 Å². The van der Waals surface area contributed by atoms with Gasteiger partial charge in [-0.25, -0.2) is 0 Å². The second-order valence-electron chi connectivity index (χ2n) is 4.09. The maximum Gasteiger partial charge on any atom is 0.264 e. The highest BCUT2D eigenvalue weighted by atomic mass is 79.9. The van der Waals surface area contributed by atoms with Gasteiger partial charge in [0.25, 0.3) is 5.56 Å². The quantitative estimate of drug-likeness (QED) is 0.829. The molecule has 1 saturated carbocycles. The lowest BCUT2D eigenvalue weighted by molar-refractivity contribution is 0.567. The lowest BCUT2D eigenvalue weighted by atomic mass is 10.4. The SMILES string of the molecule is O=c1c(Br)cc(Br)cn1CCCNC1CC1. The summed E-state index contributed by atoms with van der Waals surface area (Å²) in [5, 5.41) is 3.44. The van der Waals surface area contributed by atoms with E-state index in [-0.39, 0.29) is 5.56 Å². The van der Waals surface area contributed by atoms with Crippen LogP contribution in [-0.4, -0.2) is 17.2 Å². The number of halogens is 2. The third-order valence-corrected chi connectivity index (χ3v) is 3.60. The molecule has 3 nitrogen and oxygen atoms in total. The average molecular weight is 350 g/mol. The van der Waals surface area contributed by atoms with Crippen LogP contribution in [0.2, 0.25) is 0 Å². The Balaban J connectivity index is 1.89. The molecule has 0 bridgehead atoms. The zero-order valence-electron chi connectivity index (χ0n) is 8.88. The van der Waals surface area contributed by atoms with E-state index < -0.39 is 0 Å². The Morgan fingerprint density at radius 1 is 1.44 bits per heavy atom. The van der Waals surface area contributed by atoms with Crippen molar-refractivity contribution in [2.75, 3.05) is 6.54 Å². The minimum Gasteiger partial charge on any atom is -0.314 e. The summed E-state index contributed by atoms with van der Waals surface area (Å²) in [7, 11) is 0. The minimum atomic E-state index is 0.0367. The van der Waals surface area contributed by atoms with Crippen LogP contribution in [0.5, 0.6) is 0 Å². The molecule has 88 valence electrons. The molecule has 5 heteroatoms. The lowest BCUT2D eigenvalue weighted by Gasteiger charge is -2.07. The van der Waals surface area contributed by atoms with Gasteiger partial charge in [-0.15, -0.1) is 0 Å². The van der Waals surface area contributed by atoms with E-state index in [1.165, 1.54) is 12.8 Å². The Labute approximate surface area is 111 Å². The highest BCUT2D eigenvalue weighted by molar-refractivity contribution is 9.11. The molecule has 1 aliphatic carbocycles. The van der Waals surface area contributed by atoms with Gasteiger partial charge in [-0.05, 0) is 63.7 Å². The average Bonchev–Trinajstić information content (AvgIpc) is 3.03. The predicted octanol–water partition coefficient (Wildman–Crippen LogP) is 2.52. The van der Waals surface area contributed by atoms with E-state index in [0.717, 1.165) is 30.0 Å². The van der Waals surface area contributed by atoms with Crippen LogP contribution in [0, 0.1) is 0 Å². The van der Waals surface area contributed by atoms with Gasteiger partial charge in [0.2, 0.25) is 0 Å². The molecule has 2 rings (SSSR count). The van der Waals surface area contributed by atoms with Gasteiger partial charge in [0.1, 0.15) is 0 Å². The molecule has 0 spiro atoms. The number of rotatable bonds is 5. The van der Waals surface area contributed by atoms with Crippen molar-refractivity contribution in [1.29, 1.82) is 0 Å². The molecule has 0 atom stereocenters. The van der Waals surface area contributed by atoms with E-state index in [1.54, 1.807) is 10.6 Å². The summed E-state index contributed by atoms with van der Waals surface area (Å²) in [6, 6.07) is 2.52. The maximum atomic E-state index is 11.7. The fraction of sp³-hybridized carbons (Fsp3) is 0.545. The first-order valence-electron chi connectivity index (χ1n) is 5.45. The van der Waals surface area contributed by atoms with E-state index in [4.69, 9.17) is 0 Å². The van der Waals surface area contributed by atoms with Gasteiger partial charge in [-0.2, -0.15) is 0 Å². The van der Waals surface area contributed by atoms with E-state index >= 15 is 0 Å². The Morgan fingerprint density at radius 2 is 2.19 bits per heavy atom. The number of aryl methyl sites for hydroxylation is 1. The Hall–Kier alpha value is -0.130. The third kappa shape index (κ3) is 3.43. The second kappa shape index (κ2) is 5.47. The van der Waals surface area contributed by atoms with E-state index in [1.807, 2.05) is 6.20 Å². The molecule has 1 N–H and O–H groups in total. The van der Waals surface area contributed by atoms with Gasteiger partial charge >= 0.3 is 0 Å². The van der Waals surface area contributed by atoms with Crippen LogP contribution in [0.4, 0.5) is 0 Å². The predicted molar refractivity (Wildman–Crippen MR) is 71.7 cm³/mol. The third-order valence-electron chi connectivity index (χ3n) is 2.60. The molecule has 1 heterocycles. The van der Waals surface area contributed by atoms with Crippen LogP contribution in [0.3, 0.4) is 0 Å². The fourth-order valence-corrected chi connectivity index (χ4v) is 2.83. The van der Waals surface area contributed by atoms with Crippen LogP contribution in [0.15, 0.2) is 26.0 Å². The summed E-state index contributed by atoms with van der Waals surface area (Å²) < 4.78 is 3.27. The molecule has 16 heavy (non-hydrogen) atoms. The van der Waals surface area contributed by atoms with Crippen molar-refractivity contribution in [1.82, 2.24) is 9.88 Å². The Bertz CT molecular complexity index is 426. The van der Waals surface area contributed by atoms with E-state index in [0.29, 0.717) is 4.47 Å². The van der Waals surface area contributed by atoms with Crippen LogP contribution in [0.25, 0.3) is 0 Å². The van der Waals surface area contributed by atoms with Gasteiger partial charge in [0.15, 0.2) is 0 Å². The molecule has 1 aromatic rings. The molecular weight excluding hydrogens is 336 g/mol. The zero-order chi connectivity index (χ0) is 11.5. The Kier molecular flexibility index (Phi) is 4.21. The van der Waals surface area contributed by atoms with Crippen LogP contribution in [-0.2, 0) is 6.54 Å². The molecular formula is C11H14Br2N2O. The molecule has 0 amide bonds. The van der Waals surface area contributed by atoms with Gasteiger partial charge in [-0.1, -0.05) is 0 Å². The smallest absolute Gasteiger partial charge is 0.264 e. The lowest BCUT2D eigenvalue weighted by Crippen LogP contribution is -2.24. The summed E-state index contributed by atoms with van der Waals surface area (Å²) in [6.45, 7) is 1.75.